The number of likely N-dealkylation sites (tertiary alicyclic amines) is 1. The molecule has 2 atom stereocenters. The fourth-order valence-electron chi connectivity index (χ4n) is 2.00. The van der Waals surface area contributed by atoms with Gasteiger partial charge >= 0.3 is 0 Å². The van der Waals surface area contributed by atoms with E-state index in [9.17, 15) is 0 Å². The molecule has 0 aromatic rings. The van der Waals surface area contributed by atoms with Gasteiger partial charge < -0.3 is 9.80 Å². The van der Waals surface area contributed by atoms with Crippen molar-refractivity contribution in [3.63, 3.8) is 0 Å². The van der Waals surface area contributed by atoms with Gasteiger partial charge in [0.2, 0.25) is 0 Å². The summed E-state index contributed by atoms with van der Waals surface area (Å²) in [5, 5.41) is 0. The predicted molar refractivity (Wildman–Crippen MR) is 64.7 cm³/mol. The highest BCUT2D eigenvalue weighted by Crippen LogP contribution is 2.21. The Morgan fingerprint density at radius 3 is 2.00 bits per heavy atom. The van der Waals surface area contributed by atoms with Crippen molar-refractivity contribution >= 4 is 0 Å². The SMILES string of the molecule is CC1CN(C)CC1CN(C)C.CCC. The Bertz CT molecular complexity index is 134. The monoisotopic (exact) mass is 200 g/mol. The summed E-state index contributed by atoms with van der Waals surface area (Å²) in [6.45, 7) is 10.4. The lowest BCUT2D eigenvalue weighted by atomic mass is 9.98. The molecule has 0 amide bonds. The summed E-state index contributed by atoms with van der Waals surface area (Å²) in [6.07, 6.45) is 1.25. The second-order valence-electron chi connectivity index (χ2n) is 4.93. The van der Waals surface area contributed by atoms with E-state index in [1.165, 1.54) is 26.1 Å². The molecular formula is C12H28N2. The van der Waals surface area contributed by atoms with Crippen LogP contribution < -0.4 is 0 Å². The Morgan fingerprint density at radius 2 is 1.71 bits per heavy atom. The Labute approximate surface area is 90.3 Å². The summed E-state index contributed by atoms with van der Waals surface area (Å²) in [4.78, 5) is 4.72. The Kier molecular flexibility index (Phi) is 7.20. The van der Waals surface area contributed by atoms with Gasteiger partial charge in [0.05, 0.1) is 0 Å². The van der Waals surface area contributed by atoms with E-state index in [0.717, 1.165) is 11.8 Å². The maximum absolute atomic E-state index is 2.43. The highest BCUT2D eigenvalue weighted by Gasteiger charge is 2.26. The highest BCUT2D eigenvalue weighted by molar-refractivity contribution is 4.80. The maximum atomic E-state index is 2.43. The van der Waals surface area contributed by atoms with Crippen molar-refractivity contribution < 1.29 is 0 Å². The number of hydrogen-bond acceptors (Lipinski definition) is 2. The van der Waals surface area contributed by atoms with Crippen molar-refractivity contribution in [3.8, 4) is 0 Å². The topological polar surface area (TPSA) is 6.48 Å². The molecule has 14 heavy (non-hydrogen) atoms. The molecule has 2 unspecified atom stereocenters. The molecule has 1 aliphatic rings. The molecule has 2 nitrogen and oxygen atoms in total. The van der Waals surface area contributed by atoms with Gasteiger partial charge in [0, 0.05) is 19.6 Å². The Hall–Kier alpha value is -0.0800. The second-order valence-corrected chi connectivity index (χ2v) is 4.93. The van der Waals surface area contributed by atoms with Gasteiger partial charge in [0.25, 0.3) is 0 Å². The van der Waals surface area contributed by atoms with E-state index in [4.69, 9.17) is 0 Å². The molecule has 1 fully saturated rings. The first-order chi connectivity index (χ1) is 6.51. The van der Waals surface area contributed by atoms with E-state index < -0.39 is 0 Å². The van der Waals surface area contributed by atoms with Crippen LogP contribution in [0, 0.1) is 11.8 Å². The van der Waals surface area contributed by atoms with Crippen LogP contribution in [0.3, 0.4) is 0 Å². The third-order valence-electron chi connectivity index (χ3n) is 2.55. The smallest absolute Gasteiger partial charge is 0.00220 e. The molecule has 2 heteroatoms. The van der Waals surface area contributed by atoms with Gasteiger partial charge in [-0.05, 0) is 33.0 Å². The van der Waals surface area contributed by atoms with Crippen LogP contribution in [0.5, 0.6) is 0 Å². The average molecular weight is 200 g/mol. The summed E-state index contributed by atoms with van der Waals surface area (Å²) < 4.78 is 0. The van der Waals surface area contributed by atoms with Gasteiger partial charge in [-0.2, -0.15) is 0 Å². The molecule has 0 saturated carbocycles. The Morgan fingerprint density at radius 1 is 1.21 bits per heavy atom. The zero-order valence-corrected chi connectivity index (χ0v) is 10.9. The van der Waals surface area contributed by atoms with Crippen LogP contribution >= 0.6 is 0 Å². The van der Waals surface area contributed by atoms with Gasteiger partial charge in [-0.1, -0.05) is 27.2 Å². The van der Waals surface area contributed by atoms with Crippen LogP contribution in [-0.2, 0) is 0 Å². The predicted octanol–water partition coefficient (Wildman–Crippen LogP) is 2.16. The van der Waals surface area contributed by atoms with Crippen molar-refractivity contribution in [3.05, 3.63) is 0 Å². The molecule has 0 spiro atoms. The van der Waals surface area contributed by atoms with Crippen molar-refractivity contribution in [2.24, 2.45) is 11.8 Å². The summed E-state index contributed by atoms with van der Waals surface area (Å²) >= 11 is 0. The van der Waals surface area contributed by atoms with E-state index in [-0.39, 0.29) is 0 Å². The summed E-state index contributed by atoms with van der Waals surface area (Å²) in [5.74, 6) is 1.76. The van der Waals surface area contributed by atoms with E-state index >= 15 is 0 Å². The quantitative estimate of drug-likeness (QED) is 0.674. The zero-order valence-electron chi connectivity index (χ0n) is 10.9. The molecular weight excluding hydrogens is 172 g/mol. The molecule has 0 bridgehead atoms. The molecule has 1 heterocycles. The number of rotatable bonds is 2. The van der Waals surface area contributed by atoms with Gasteiger partial charge in [-0.25, -0.2) is 0 Å². The maximum Gasteiger partial charge on any atom is 0.00220 e. The first kappa shape index (κ1) is 13.9. The third-order valence-corrected chi connectivity index (χ3v) is 2.55. The molecule has 0 aromatic heterocycles. The van der Waals surface area contributed by atoms with Gasteiger partial charge in [0.1, 0.15) is 0 Å². The lowest BCUT2D eigenvalue weighted by Crippen LogP contribution is -2.26. The Balaban J connectivity index is 0.000000500. The fraction of sp³-hybridized carbons (Fsp3) is 1.00. The van der Waals surface area contributed by atoms with Crippen LogP contribution in [0.2, 0.25) is 0 Å². The lowest BCUT2D eigenvalue weighted by Gasteiger charge is -2.18. The standard InChI is InChI=1S/C9H20N2.C3H8/c1-8-5-11(4)7-9(8)6-10(2)3;1-3-2/h8-9H,5-7H2,1-4H3;3H2,1-2H3. The van der Waals surface area contributed by atoms with E-state index in [2.05, 4.69) is 51.7 Å². The van der Waals surface area contributed by atoms with Crippen LogP contribution in [0.25, 0.3) is 0 Å². The fourth-order valence-corrected chi connectivity index (χ4v) is 2.00. The minimum Gasteiger partial charge on any atom is -0.309 e. The average Bonchev–Trinajstić information content (AvgIpc) is 2.30. The van der Waals surface area contributed by atoms with Crippen molar-refractivity contribution in [1.82, 2.24) is 9.80 Å². The van der Waals surface area contributed by atoms with E-state index in [0.29, 0.717) is 0 Å². The van der Waals surface area contributed by atoms with Gasteiger partial charge in [-0.3, -0.25) is 0 Å². The minimum absolute atomic E-state index is 0.877. The number of nitrogens with zero attached hydrogens (tertiary/aromatic N) is 2. The lowest BCUT2D eigenvalue weighted by molar-refractivity contribution is 0.294. The molecule has 0 N–H and O–H groups in total. The molecule has 0 aromatic carbocycles. The van der Waals surface area contributed by atoms with Crippen molar-refractivity contribution in [2.45, 2.75) is 27.2 Å². The first-order valence-corrected chi connectivity index (χ1v) is 5.84. The summed E-state index contributed by atoms with van der Waals surface area (Å²) in [5.41, 5.74) is 0. The van der Waals surface area contributed by atoms with Crippen LogP contribution in [-0.4, -0.2) is 50.6 Å². The molecule has 1 rings (SSSR count). The molecule has 1 aliphatic heterocycles. The van der Waals surface area contributed by atoms with Gasteiger partial charge in [0.15, 0.2) is 0 Å². The van der Waals surface area contributed by atoms with Crippen LogP contribution in [0.4, 0.5) is 0 Å². The largest absolute Gasteiger partial charge is 0.309 e. The van der Waals surface area contributed by atoms with Crippen LogP contribution in [0.1, 0.15) is 27.2 Å². The normalized spacial score (nSPS) is 27.6. The summed E-state index contributed by atoms with van der Waals surface area (Å²) in [6, 6.07) is 0. The molecule has 1 saturated heterocycles. The van der Waals surface area contributed by atoms with Crippen LogP contribution in [0.15, 0.2) is 0 Å². The molecule has 0 aliphatic carbocycles. The highest BCUT2D eigenvalue weighted by atomic mass is 15.1. The number of hydrogen-bond donors (Lipinski definition) is 0. The first-order valence-electron chi connectivity index (χ1n) is 5.84. The molecule has 0 radical (unpaired) electrons. The van der Waals surface area contributed by atoms with E-state index in [1.807, 2.05) is 0 Å². The minimum atomic E-state index is 0.877. The van der Waals surface area contributed by atoms with Gasteiger partial charge in [-0.15, -0.1) is 0 Å². The molecule has 86 valence electrons. The van der Waals surface area contributed by atoms with E-state index in [1.54, 1.807) is 0 Å². The second kappa shape index (κ2) is 7.24. The van der Waals surface area contributed by atoms with Crippen molar-refractivity contribution in [2.75, 3.05) is 40.8 Å². The third kappa shape index (κ3) is 5.61. The van der Waals surface area contributed by atoms with Crippen molar-refractivity contribution in [1.29, 1.82) is 0 Å². The summed E-state index contributed by atoms with van der Waals surface area (Å²) in [7, 11) is 6.53. The zero-order chi connectivity index (χ0) is 11.1.